The van der Waals surface area contributed by atoms with Gasteiger partial charge in [0.05, 0.1) is 13.7 Å². The zero-order chi connectivity index (χ0) is 23.9. The molecule has 1 saturated heterocycles. The van der Waals surface area contributed by atoms with Gasteiger partial charge in [-0.15, -0.1) is 0 Å². The number of aromatic nitrogens is 2. The molecule has 2 aromatic carbocycles. The van der Waals surface area contributed by atoms with Crippen LogP contribution in [0.25, 0.3) is 0 Å². The first-order valence-corrected chi connectivity index (χ1v) is 11.3. The van der Waals surface area contributed by atoms with E-state index in [-0.39, 0.29) is 18.6 Å². The minimum atomic E-state index is 0.00116. The van der Waals surface area contributed by atoms with Crippen molar-refractivity contribution in [2.24, 2.45) is 0 Å². The summed E-state index contributed by atoms with van der Waals surface area (Å²) >= 11 is 0. The third kappa shape index (κ3) is 5.82. The standard InChI is InChI=1S/C26H30N4O4/c1-19-9-10-22(23(13-19)32-3)34-25-14-24(27-18-28-25)29-11-12-30(20(2)15-29)26(31)17-33-16-21-7-5-4-6-8-21/h4-10,13-14,18,20H,11-12,15-17H2,1-3H3/t20-/m0/s1. The molecule has 1 aliphatic rings. The number of ether oxygens (including phenoxy) is 3. The number of aryl methyl sites for hydroxylation is 1. The molecule has 8 heteroatoms. The van der Waals surface area contributed by atoms with Crippen molar-refractivity contribution in [2.45, 2.75) is 26.5 Å². The van der Waals surface area contributed by atoms with E-state index in [4.69, 9.17) is 14.2 Å². The largest absolute Gasteiger partial charge is 0.493 e. The minimum Gasteiger partial charge on any atom is -0.493 e. The van der Waals surface area contributed by atoms with Gasteiger partial charge in [0.1, 0.15) is 18.8 Å². The van der Waals surface area contributed by atoms with Crippen LogP contribution < -0.4 is 14.4 Å². The van der Waals surface area contributed by atoms with Crippen molar-refractivity contribution in [3.63, 3.8) is 0 Å². The quantitative estimate of drug-likeness (QED) is 0.503. The first-order valence-electron chi connectivity index (χ1n) is 11.3. The van der Waals surface area contributed by atoms with Crippen LogP contribution in [-0.2, 0) is 16.1 Å². The van der Waals surface area contributed by atoms with Crippen LogP contribution in [0.4, 0.5) is 5.82 Å². The van der Waals surface area contributed by atoms with E-state index in [0.717, 1.165) is 16.9 Å². The Morgan fingerprint density at radius 1 is 1.06 bits per heavy atom. The van der Waals surface area contributed by atoms with Crippen LogP contribution in [-0.4, -0.2) is 60.2 Å². The molecule has 34 heavy (non-hydrogen) atoms. The Labute approximate surface area is 200 Å². The van der Waals surface area contributed by atoms with E-state index < -0.39 is 0 Å². The fourth-order valence-corrected chi connectivity index (χ4v) is 3.98. The van der Waals surface area contributed by atoms with Crippen LogP contribution in [0.1, 0.15) is 18.1 Å². The average molecular weight is 463 g/mol. The van der Waals surface area contributed by atoms with E-state index in [0.29, 0.717) is 43.6 Å². The molecule has 1 fully saturated rings. The van der Waals surface area contributed by atoms with Crippen molar-refractivity contribution >= 4 is 11.7 Å². The Bertz CT molecular complexity index is 1110. The van der Waals surface area contributed by atoms with Gasteiger partial charge in [0, 0.05) is 31.7 Å². The van der Waals surface area contributed by atoms with Crippen molar-refractivity contribution in [3.8, 4) is 17.4 Å². The summed E-state index contributed by atoms with van der Waals surface area (Å²) in [7, 11) is 1.61. The lowest BCUT2D eigenvalue weighted by Crippen LogP contribution is -2.55. The van der Waals surface area contributed by atoms with E-state index in [1.165, 1.54) is 6.33 Å². The molecule has 0 unspecified atom stereocenters. The van der Waals surface area contributed by atoms with Crippen LogP contribution in [0.3, 0.4) is 0 Å². The lowest BCUT2D eigenvalue weighted by Gasteiger charge is -2.40. The third-order valence-corrected chi connectivity index (χ3v) is 5.77. The number of hydrogen-bond donors (Lipinski definition) is 0. The number of methoxy groups -OCH3 is 1. The Hall–Kier alpha value is -3.65. The molecule has 178 valence electrons. The maximum absolute atomic E-state index is 12.7. The molecule has 8 nitrogen and oxygen atoms in total. The van der Waals surface area contributed by atoms with Crippen molar-refractivity contribution in [1.82, 2.24) is 14.9 Å². The van der Waals surface area contributed by atoms with Crippen molar-refractivity contribution in [3.05, 3.63) is 72.1 Å². The number of benzene rings is 2. The summed E-state index contributed by atoms with van der Waals surface area (Å²) < 4.78 is 17.0. The van der Waals surface area contributed by atoms with Crippen molar-refractivity contribution in [1.29, 1.82) is 0 Å². The zero-order valence-electron chi connectivity index (χ0n) is 19.8. The average Bonchev–Trinajstić information content (AvgIpc) is 2.85. The van der Waals surface area contributed by atoms with Gasteiger partial charge in [-0.2, -0.15) is 0 Å². The smallest absolute Gasteiger partial charge is 0.248 e. The van der Waals surface area contributed by atoms with Crippen LogP contribution in [0.5, 0.6) is 17.4 Å². The first kappa shape index (κ1) is 23.5. The number of hydrogen-bond acceptors (Lipinski definition) is 7. The summed E-state index contributed by atoms with van der Waals surface area (Å²) in [5.41, 5.74) is 2.14. The summed E-state index contributed by atoms with van der Waals surface area (Å²) in [5, 5.41) is 0. The van der Waals surface area contributed by atoms with Gasteiger partial charge in [-0.1, -0.05) is 36.4 Å². The number of anilines is 1. The van der Waals surface area contributed by atoms with Crippen molar-refractivity contribution in [2.75, 3.05) is 38.3 Å². The molecule has 1 aliphatic heterocycles. The summed E-state index contributed by atoms with van der Waals surface area (Å²) in [6.45, 7) is 6.46. The second-order valence-electron chi connectivity index (χ2n) is 8.33. The topological polar surface area (TPSA) is 77.0 Å². The van der Waals surface area contributed by atoms with Gasteiger partial charge in [0.25, 0.3) is 0 Å². The number of carbonyl (C=O) groups is 1. The molecule has 4 rings (SSSR count). The number of carbonyl (C=O) groups excluding carboxylic acids is 1. The van der Waals surface area contributed by atoms with E-state index in [2.05, 4.69) is 14.9 Å². The molecule has 0 bridgehead atoms. The number of rotatable bonds is 8. The zero-order valence-corrected chi connectivity index (χ0v) is 19.8. The molecular weight excluding hydrogens is 432 g/mol. The highest BCUT2D eigenvalue weighted by atomic mass is 16.5. The van der Waals surface area contributed by atoms with Gasteiger partial charge in [0.2, 0.25) is 11.8 Å². The summed E-state index contributed by atoms with van der Waals surface area (Å²) in [6.07, 6.45) is 1.49. The predicted molar refractivity (Wildman–Crippen MR) is 129 cm³/mol. The molecule has 1 atom stereocenters. The summed E-state index contributed by atoms with van der Waals surface area (Å²) in [6, 6.07) is 17.4. The highest BCUT2D eigenvalue weighted by Crippen LogP contribution is 2.32. The van der Waals surface area contributed by atoms with Gasteiger partial charge in [-0.25, -0.2) is 9.97 Å². The van der Waals surface area contributed by atoms with Gasteiger partial charge < -0.3 is 24.0 Å². The van der Waals surface area contributed by atoms with Crippen LogP contribution >= 0.6 is 0 Å². The molecule has 0 N–H and O–H groups in total. The Morgan fingerprint density at radius 3 is 2.65 bits per heavy atom. The molecule has 3 aromatic rings. The molecule has 1 aromatic heterocycles. The van der Waals surface area contributed by atoms with Gasteiger partial charge >= 0.3 is 0 Å². The van der Waals surface area contributed by atoms with Gasteiger partial charge in [0.15, 0.2) is 11.5 Å². The minimum absolute atomic E-state index is 0.00116. The fourth-order valence-electron chi connectivity index (χ4n) is 3.98. The Balaban J connectivity index is 1.33. The predicted octanol–water partition coefficient (Wildman–Crippen LogP) is 3.84. The van der Waals surface area contributed by atoms with Crippen LogP contribution in [0.2, 0.25) is 0 Å². The molecule has 1 amide bonds. The first-order chi connectivity index (χ1) is 16.5. The number of nitrogens with zero attached hydrogens (tertiary/aromatic N) is 4. The maximum atomic E-state index is 12.7. The summed E-state index contributed by atoms with van der Waals surface area (Å²) in [4.78, 5) is 25.4. The highest BCUT2D eigenvalue weighted by Gasteiger charge is 2.28. The monoisotopic (exact) mass is 462 g/mol. The van der Waals surface area contributed by atoms with E-state index in [1.807, 2.05) is 73.3 Å². The molecule has 0 saturated carbocycles. The van der Waals surface area contributed by atoms with E-state index in [9.17, 15) is 4.79 Å². The van der Waals surface area contributed by atoms with Crippen LogP contribution in [0, 0.1) is 6.92 Å². The Kier molecular flexibility index (Phi) is 7.59. The molecule has 0 spiro atoms. The summed E-state index contributed by atoms with van der Waals surface area (Å²) in [5.74, 6) is 2.44. The van der Waals surface area contributed by atoms with E-state index >= 15 is 0 Å². The highest BCUT2D eigenvalue weighted by molar-refractivity contribution is 5.78. The number of piperazine rings is 1. The second-order valence-corrected chi connectivity index (χ2v) is 8.33. The molecule has 2 heterocycles. The van der Waals surface area contributed by atoms with Crippen LogP contribution in [0.15, 0.2) is 60.9 Å². The lowest BCUT2D eigenvalue weighted by atomic mass is 10.2. The van der Waals surface area contributed by atoms with Gasteiger partial charge in [-0.05, 0) is 37.1 Å². The fraction of sp³-hybridized carbons (Fsp3) is 0.346. The second kappa shape index (κ2) is 11.0. The van der Waals surface area contributed by atoms with E-state index in [1.54, 1.807) is 7.11 Å². The normalized spacial score (nSPS) is 15.8. The third-order valence-electron chi connectivity index (χ3n) is 5.77. The maximum Gasteiger partial charge on any atom is 0.248 e. The SMILES string of the molecule is COc1cc(C)ccc1Oc1cc(N2CCN(C(=O)COCc3ccccc3)[C@@H](C)C2)ncn1. The Morgan fingerprint density at radius 2 is 1.88 bits per heavy atom. The molecule has 0 aliphatic carbocycles. The lowest BCUT2D eigenvalue weighted by molar-refractivity contribution is -0.139. The number of amides is 1. The molecular formula is C26H30N4O4. The van der Waals surface area contributed by atoms with Gasteiger partial charge in [-0.3, -0.25) is 4.79 Å². The molecule has 0 radical (unpaired) electrons. The van der Waals surface area contributed by atoms with Crippen molar-refractivity contribution < 1.29 is 19.0 Å².